The minimum absolute atomic E-state index is 0.144. The summed E-state index contributed by atoms with van der Waals surface area (Å²) in [5.74, 6) is 0.241. The zero-order valence-electron chi connectivity index (χ0n) is 16.2. The fraction of sp³-hybridized carbons (Fsp3) is 0.381. The predicted molar refractivity (Wildman–Crippen MR) is 114 cm³/mol. The first kappa shape index (κ1) is 22.2. The van der Waals surface area contributed by atoms with Crippen LogP contribution in [0.5, 0.6) is 0 Å². The Morgan fingerprint density at radius 1 is 1.11 bits per heavy atom. The van der Waals surface area contributed by atoms with Crippen molar-refractivity contribution in [2.45, 2.75) is 44.4 Å². The normalized spacial score (nSPS) is 12.4. The number of nitrogens with one attached hydrogen (secondary N) is 2. The van der Waals surface area contributed by atoms with E-state index in [1.807, 2.05) is 0 Å². The predicted octanol–water partition coefficient (Wildman–Crippen LogP) is 5.09. The van der Waals surface area contributed by atoms with Gasteiger partial charge in [0.25, 0.3) is 15.9 Å². The quantitative estimate of drug-likeness (QED) is 0.560. The fourth-order valence-corrected chi connectivity index (χ4v) is 4.21. The molecule has 28 heavy (non-hydrogen) atoms. The molecule has 2 rings (SSSR count). The van der Waals surface area contributed by atoms with Crippen molar-refractivity contribution in [2.24, 2.45) is 5.92 Å². The molecule has 0 bridgehead atoms. The van der Waals surface area contributed by atoms with Crippen LogP contribution in [-0.4, -0.2) is 20.9 Å². The topological polar surface area (TPSA) is 75.3 Å². The molecule has 2 aromatic rings. The average molecular weight is 423 g/mol. The van der Waals surface area contributed by atoms with Gasteiger partial charge in [-0.15, -0.1) is 0 Å². The van der Waals surface area contributed by atoms with Crippen LogP contribution in [0, 0.1) is 5.92 Å². The lowest BCUT2D eigenvalue weighted by Gasteiger charge is -2.16. The van der Waals surface area contributed by atoms with Gasteiger partial charge in [-0.05, 0) is 42.7 Å². The van der Waals surface area contributed by atoms with E-state index >= 15 is 0 Å². The third kappa shape index (κ3) is 6.24. The van der Waals surface area contributed by atoms with Crippen LogP contribution < -0.4 is 10.0 Å². The summed E-state index contributed by atoms with van der Waals surface area (Å²) in [6, 6.07) is 12.6. The Bertz CT molecular complexity index is 886. The molecule has 0 unspecified atom stereocenters. The van der Waals surface area contributed by atoms with E-state index < -0.39 is 10.0 Å². The van der Waals surface area contributed by atoms with E-state index in [0.29, 0.717) is 18.0 Å². The van der Waals surface area contributed by atoms with Crippen molar-refractivity contribution in [3.05, 3.63) is 59.1 Å². The van der Waals surface area contributed by atoms with E-state index in [0.717, 1.165) is 25.7 Å². The summed E-state index contributed by atoms with van der Waals surface area (Å²) in [6.45, 7) is 4.90. The van der Waals surface area contributed by atoms with E-state index in [9.17, 15) is 13.2 Å². The Balaban J connectivity index is 2.04. The molecule has 1 atom stereocenters. The van der Waals surface area contributed by atoms with Gasteiger partial charge in [0.05, 0.1) is 15.6 Å². The zero-order valence-corrected chi connectivity index (χ0v) is 17.8. The number of hydrogen-bond acceptors (Lipinski definition) is 3. The van der Waals surface area contributed by atoms with E-state index in [2.05, 4.69) is 23.9 Å². The molecule has 2 N–H and O–H groups in total. The molecule has 0 radical (unpaired) electrons. The first-order valence-electron chi connectivity index (χ1n) is 9.53. The molecule has 1 amide bonds. The smallest absolute Gasteiger partial charge is 0.261 e. The molecule has 0 aliphatic heterocycles. The summed E-state index contributed by atoms with van der Waals surface area (Å²) >= 11 is 6.22. The van der Waals surface area contributed by atoms with Crippen molar-refractivity contribution in [3.63, 3.8) is 0 Å². The SMILES string of the molecule is CCCC[C@@H](CC)CNC(=O)c1ccc(NS(=O)(=O)c2ccccc2)c(Cl)c1. The lowest BCUT2D eigenvalue weighted by atomic mass is 9.99. The average Bonchev–Trinajstić information content (AvgIpc) is 2.70. The fourth-order valence-electron chi connectivity index (χ4n) is 2.82. The van der Waals surface area contributed by atoms with Crippen LogP contribution in [0.4, 0.5) is 5.69 Å². The molecule has 0 saturated carbocycles. The molecule has 0 heterocycles. The molecule has 0 aromatic heterocycles. The summed E-state index contributed by atoms with van der Waals surface area (Å²) in [7, 11) is -3.74. The molecule has 0 fully saturated rings. The molecule has 152 valence electrons. The van der Waals surface area contributed by atoms with Crippen molar-refractivity contribution >= 4 is 33.2 Å². The van der Waals surface area contributed by atoms with Crippen molar-refractivity contribution in [1.29, 1.82) is 0 Å². The third-order valence-corrected chi connectivity index (χ3v) is 6.32. The van der Waals surface area contributed by atoms with Gasteiger partial charge < -0.3 is 5.32 Å². The number of rotatable bonds is 10. The second-order valence-corrected chi connectivity index (χ2v) is 8.83. The second-order valence-electron chi connectivity index (χ2n) is 6.74. The van der Waals surface area contributed by atoms with E-state index in [-0.39, 0.29) is 21.5 Å². The summed E-state index contributed by atoms with van der Waals surface area (Å²) in [5.41, 5.74) is 0.634. The maximum atomic E-state index is 12.4. The molecule has 0 aliphatic carbocycles. The number of amides is 1. The summed E-state index contributed by atoms with van der Waals surface area (Å²) in [4.78, 5) is 12.5. The second kappa shape index (κ2) is 10.5. The van der Waals surface area contributed by atoms with Gasteiger partial charge in [0.15, 0.2) is 0 Å². The van der Waals surface area contributed by atoms with Crippen LogP contribution in [0.3, 0.4) is 0 Å². The van der Waals surface area contributed by atoms with Gasteiger partial charge in [0.2, 0.25) is 0 Å². The Morgan fingerprint density at radius 2 is 1.82 bits per heavy atom. The molecule has 0 spiro atoms. The summed E-state index contributed by atoms with van der Waals surface area (Å²) in [6.07, 6.45) is 4.40. The van der Waals surface area contributed by atoms with Crippen LogP contribution in [0.25, 0.3) is 0 Å². The number of carbonyl (C=O) groups excluding carboxylic acids is 1. The maximum Gasteiger partial charge on any atom is 0.261 e. The number of hydrogen-bond donors (Lipinski definition) is 2. The Kier molecular flexibility index (Phi) is 8.33. The van der Waals surface area contributed by atoms with Crippen LogP contribution in [0.15, 0.2) is 53.4 Å². The van der Waals surface area contributed by atoms with Crippen LogP contribution in [-0.2, 0) is 10.0 Å². The molecule has 5 nitrogen and oxygen atoms in total. The number of unbranched alkanes of at least 4 members (excludes halogenated alkanes) is 1. The van der Waals surface area contributed by atoms with E-state index in [4.69, 9.17) is 11.6 Å². The lowest BCUT2D eigenvalue weighted by molar-refractivity contribution is 0.0946. The highest BCUT2D eigenvalue weighted by Gasteiger charge is 2.17. The van der Waals surface area contributed by atoms with Crippen molar-refractivity contribution in [3.8, 4) is 0 Å². The van der Waals surface area contributed by atoms with Gasteiger partial charge in [-0.1, -0.05) is 62.9 Å². The number of sulfonamides is 1. The van der Waals surface area contributed by atoms with Gasteiger partial charge in [0.1, 0.15) is 0 Å². The monoisotopic (exact) mass is 422 g/mol. The third-order valence-electron chi connectivity index (χ3n) is 4.62. The molecule has 2 aromatic carbocycles. The molecule has 7 heteroatoms. The van der Waals surface area contributed by atoms with Crippen molar-refractivity contribution < 1.29 is 13.2 Å². The highest BCUT2D eigenvalue weighted by Crippen LogP contribution is 2.26. The van der Waals surface area contributed by atoms with Gasteiger partial charge in [0, 0.05) is 12.1 Å². The standard InChI is InChI=1S/C21H27ClN2O3S/c1-3-5-9-16(4-2)15-23-21(25)17-12-13-20(19(22)14-17)24-28(26,27)18-10-7-6-8-11-18/h6-8,10-14,16,24H,3-5,9,15H2,1-2H3,(H,23,25)/t16-/m1/s1. The van der Waals surface area contributed by atoms with Crippen molar-refractivity contribution in [2.75, 3.05) is 11.3 Å². The summed E-state index contributed by atoms with van der Waals surface area (Å²) in [5, 5.41) is 3.11. The van der Waals surface area contributed by atoms with E-state index in [1.165, 1.54) is 24.3 Å². The minimum atomic E-state index is -3.74. The number of benzene rings is 2. The summed E-state index contributed by atoms with van der Waals surface area (Å²) < 4.78 is 27.3. The molecule has 0 aliphatic rings. The molecule has 0 saturated heterocycles. The number of carbonyl (C=O) groups is 1. The largest absolute Gasteiger partial charge is 0.352 e. The Morgan fingerprint density at radius 3 is 2.43 bits per heavy atom. The van der Waals surface area contributed by atoms with Gasteiger partial charge in [-0.25, -0.2) is 8.42 Å². The van der Waals surface area contributed by atoms with Crippen LogP contribution in [0.2, 0.25) is 5.02 Å². The lowest BCUT2D eigenvalue weighted by Crippen LogP contribution is -2.29. The number of anilines is 1. The highest BCUT2D eigenvalue weighted by molar-refractivity contribution is 7.92. The molecular weight excluding hydrogens is 396 g/mol. The van der Waals surface area contributed by atoms with Crippen molar-refractivity contribution in [1.82, 2.24) is 5.32 Å². The minimum Gasteiger partial charge on any atom is -0.352 e. The van der Waals surface area contributed by atoms with E-state index in [1.54, 1.807) is 24.3 Å². The van der Waals surface area contributed by atoms with Crippen LogP contribution >= 0.6 is 11.6 Å². The number of halogens is 1. The maximum absolute atomic E-state index is 12.4. The Labute approximate surface area is 172 Å². The zero-order chi connectivity index (χ0) is 20.6. The first-order chi connectivity index (χ1) is 13.4. The van der Waals surface area contributed by atoms with Gasteiger partial charge >= 0.3 is 0 Å². The molecular formula is C21H27ClN2O3S. The first-order valence-corrected chi connectivity index (χ1v) is 11.4. The van der Waals surface area contributed by atoms with Gasteiger partial charge in [-0.3, -0.25) is 9.52 Å². The Hall–Kier alpha value is -2.05. The highest BCUT2D eigenvalue weighted by atomic mass is 35.5. The van der Waals surface area contributed by atoms with Gasteiger partial charge in [-0.2, -0.15) is 0 Å². The van der Waals surface area contributed by atoms with Crippen LogP contribution in [0.1, 0.15) is 49.9 Å².